The van der Waals surface area contributed by atoms with Gasteiger partial charge in [0.25, 0.3) is 5.91 Å². The van der Waals surface area contributed by atoms with E-state index in [-0.39, 0.29) is 25.2 Å². The fourth-order valence-corrected chi connectivity index (χ4v) is 5.10. The summed E-state index contributed by atoms with van der Waals surface area (Å²) in [6.07, 6.45) is 11.9. The SMILES string of the molecule is CCCCC(=O)O[C@@H]1/C=C\C(C)=C/C[C@H](OC(=O)CCCC)/C=C/C(C)=C\[C@@H](NC(=O)C(C)=O)[C@]2(C)C(=O)O[C@H](C1)[C@@H](C)C2=O. The summed E-state index contributed by atoms with van der Waals surface area (Å²) in [6.45, 7) is 11.6. The molecule has 3 aliphatic rings. The summed E-state index contributed by atoms with van der Waals surface area (Å²) in [6, 6.07) is -1.21. The molecule has 0 unspecified atom stereocenters. The Morgan fingerprint density at radius 3 is 2.07 bits per heavy atom. The molecule has 3 rings (SSSR count). The van der Waals surface area contributed by atoms with Crippen LogP contribution in [0.25, 0.3) is 0 Å². The molecule has 0 spiro atoms. The molecule has 0 saturated carbocycles. The summed E-state index contributed by atoms with van der Waals surface area (Å²) < 4.78 is 17.3. The molecular weight excluding hydrogens is 578 g/mol. The number of Topliss-reactive ketones (excluding diaryl/α,β-unsaturated/α-hetero) is 2. The second-order valence-corrected chi connectivity index (χ2v) is 12.1. The number of esters is 3. The van der Waals surface area contributed by atoms with E-state index in [2.05, 4.69) is 5.32 Å². The van der Waals surface area contributed by atoms with E-state index < -0.39 is 65.1 Å². The lowest BCUT2D eigenvalue weighted by Crippen LogP contribution is -2.61. The summed E-state index contributed by atoms with van der Waals surface area (Å²) in [5.74, 6) is -4.62. The highest BCUT2D eigenvalue weighted by Crippen LogP contribution is 2.38. The van der Waals surface area contributed by atoms with Crippen molar-refractivity contribution in [2.75, 3.05) is 0 Å². The van der Waals surface area contributed by atoms with Crippen LogP contribution in [0.4, 0.5) is 0 Å². The van der Waals surface area contributed by atoms with Gasteiger partial charge in [0, 0.05) is 32.6 Å². The van der Waals surface area contributed by atoms with Crippen molar-refractivity contribution < 1.29 is 43.0 Å². The van der Waals surface area contributed by atoms with Gasteiger partial charge in [0.1, 0.15) is 23.7 Å². The van der Waals surface area contributed by atoms with E-state index in [1.54, 1.807) is 38.2 Å². The first-order valence-electron chi connectivity index (χ1n) is 15.9. The molecule has 0 aromatic heterocycles. The van der Waals surface area contributed by atoms with E-state index in [1.165, 1.54) is 13.0 Å². The quantitative estimate of drug-likeness (QED) is 0.150. The molecule has 0 radical (unpaired) electrons. The van der Waals surface area contributed by atoms with E-state index in [1.807, 2.05) is 26.8 Å². The van der Waals surface area contributed by atoms with Gasteiger partial charge in [-0.25, -0.2) is 0 Å². The van der Waals surface area contributed by atoms with Gasteiger partial charge in [-0.15, -0.1) is 0 Å². The van der Waals surface area contributed by atoms with E-state index in [0.29, 0.717) is 24.8 Å². The van der Waals surface area contributed by atoms with Crippen LogP contribution in [-0.2, 0) is 43.0 Å². The molecule has 248 valence electrons. The minimum Gasteiger partial charge on any atom is -0.461 e. The standard InChI is InChI=1S/C35H49NO9/c1-8-10-12-30(38)43-26-17-14-22(3)15-19-27(44-31(39)13-11-9-2)21-28-24(5)32(40)35(7,34(42)45-28)29(20-23(4)16-18-26)36-33(41)25(6)37/h14-16,18-20,24,26-29H,8-13,17,21H2,1-7H3,(H,36,41)/b18-16+,19-15-,22-14-,23-20-/t24-,26+,27-,28-,29-,35+/m1/s1. The van der Waals surface area contributed by atoms with Crippen LogP contribution in [0.15, 0.2) is 47.6 Å². The first-order chi connectivity index (χ1) is 21.2. The highest BCUT2D eigenvalue weighted by molar-refractivity contribution is 6.35. The second kappa shape index (κ2) is 17.6. The minimum absolute atomic E-state index is 0.0505. The normalized spacial score (nSPS) is 31.2. The Morgan fingerprint density at radius 2 is 1.49 bits per heavy atom. The fourth-order valence-electron chi connectivity index (χ4n) is 5.10. The Hall–Kier alpha value is -3.82. The zero-order chi connectivity index (χ0) is 33.7. The van der Waals surface area contributed by atoms with Crippen LogP contribution < -0.4 is 5.32 Å². The van der Waals surface area contributed by atoms with Gasteiger partial charge in [-0.3, -0.25) is 28.8 Å². The number of ketones is 2. The zero-order valence-corrected chi connectivity index (χ0v) is 27.7. The number of nitrogens with one attached hydrogen (secondary N) is 1. The van der Waals surface area contributed by atoms with Crippen molar-refractivity contribution in [2.45, 2.75) is 124 Å². The van der Waals surface area contributed by atoms with Crippen molar-refractivity contribution in [3.8, 4) is 0 Å². The number of rotatable bonds is 10. The van der Waals surface area contributed by atoms with Gasteiger partial charge in [-0.2, -0.15) is 0 Å². The molecule has 2 bridgehead atoms. The van der Waals surface area contributed by atoms with E-state index >= 15 is 0 Å². The molecule has 1 fully saturated rings. The van der Waals surface area contributed by atoms with Crippen LogP contribution in [0.1, 0.15) is 99.8 Å². The van der Waals surface area contributed by atoms with Crippen LogP contribution in [0.2, 0.25) is 0 Å². The number of allylic oxidation sites excluding steroid dienone is 4. The molecule has 2 aliphatic heterocycles. The average Bonchev–Trinajstić information content (AvgIpc) is 2.99. The van der Waals surface area contributed by atoms with Crippen molar-refractivity contribution in [2.24, 2.45) is 11.3 Å². The van der Waals surface area contributed by atoms with E-state index in [0.717, 1.165) is 25.3 Å². The van der Waals surface area contributed by atoms with Gasteiger partial charge in [0.05, 0.1) is 12.0 Å². The van der Waals surface area contributed by atoms with Crippen LogP contribution in [0.5, 0.6) is 0 Å². The molecule has 10 heteroatoms. The zero-order valence-electron chi connectivity index (χ0n) is 27.7. The number of carbonyl (C=O) groups is 6. The molecular formula is C35H49NO9. The molecule has 1 saturated heterocycles. The molecule has 6 atom stereocenters. The summed E-state index contributed by atoms with van der Waals surface area (Å²) in [7, 11) is 0. The monoisotopic (exact) mass is 627 g/mol. The Balaban J connectivity index is 2.63. The largest absolute Gasteiger partial charge is 0.461 e. The topological polar surface area (TPSA) is 142 Å². The predicted octanol–water partition coefficient (Wildman–Crippen LogP) is 5.20. The number of ether oxygens (including phenoxy) is 3. The Morgan fingerprint density at radius 1 is 0.933 bits per heavy atom. The van der Waals surface area contributed by atoms with Crippen LogP contribution in [0, 0.1) is 11.3 Å². The van der Waals surface area contributed by atoms with Gasteiger partial charge in [-0.05, 0) is 45.8 Å². The molecule has 0 aromatic carbocycles. The number of fused-ring (bicyclic) bond motifs is 10. The number of hydrogen-bond donors (Lipinski definition) is 1. The molecule has 1 amide bonds. The number of carbonyl (C=O) groups excluding carboxylic acids is 6. The number of hydrogen-bond acceptors (Lipinski definition) is 9. The Kier molecular flexibility index (Phi) is 14.6. The molecule has 2 heterocycles. The third kappa shape index (κ3) is 10.9. The second-order valence-electron chi connectivity index (χ2n) is 12.1. The lowest BCUT2D eigenvalue weighted by atomic mass is 9.69. The predicted molar refractivity (Wildman–Crippen MR) is 169 cm³/mol. The van der Waals surface area contributed by atoms with Gasteiger partial charge in [0.2, 0.25) is 5.78 Å². The number of unbranched alkanes of at least 4 members (excludes halogenated alkanes) is 2. The van der Waals surface area contributed by atoms with E-state index in [9.17, 15) is 28.8 Å². The van der Waals surface area contributed by atoms with Crippen molar-refractivity contribution in [3.05, 3.63) is 47.6 Å². The van der Waals surface area contributed by atoms with Crippen molar-refractivity contribution in [3.63, 3.8) is 0 Å². The van der Waals surface area contributed by atoms with Gasteiger partial charge in [-0.1, -0.05) is 69.1 Å². The molecule has 10 nitrogen and oxygen atoms in total. The van der Waals surface area contributed by atoms with Crippen LogP contribution in [-0.4, -0.2) is 59.7 Å². The molecule has 1 N–H and O–H groups in total. The van der Waals surface area contributed by atoms with Crippen LogP contribution in [0.3, 0.4) is 0 Å². The van der Waals surface area contributed by atoms with Gasteiger partial charge < -0.3 is 19.5 Å². The molecule has 0 aromatic rings. The molecule has 1 aliphatic carbocycles. The van der Waals surface area contributed by atoms with Gasteiger partial charge >= 0.3 is 17.9 Å². The summed E-state index contributed by atoms with van der Waals surface area (Å²) in [4.78, 5) is 77.1. The van der Waals surface area contributed by atoms with Crippen molar-refractivity contribution in [1.29, 1.82) is 0 Å². The molecule has 45 heavy (non-hydrogen) atoms. The third-order valence-electron chi connectivity index (χ3n) is 8.14. The van der Waals surface area contributed by atoms with Gasteiger partial charge in [0.15, 0.2) is 5.78 Å². The van der Waals surface area contributed by atoms with E-state index in [4.69, 9.17) is 14.2 Å². The maximum Gasteiger partial charge on any atom is 0.322 e. The summed E-state index contributed by atoms with van der Waals surface area (Å²) in [5.41, 5.74) is -0.468. The van der Waals surface area contributed by atoms with Crippen molar-refractivity contribution >= 4 is 35.4 Å². The van der Waals surface area contributed by atoms with Crippen molar-refractivity contribution in [1.82, 2.24) is 5.32 Å². The number of amides is 1. The maximum absolute atomic E-state index is 14.0. The fraction of sp³-hybridized carbons (Fsp3) is 0.600. The minimum atomic E-state index is -1.85. The lowest BCUT2D eigenvalue weighted by Gasteiger charge is -2.42. The average molecular weight is 628 g/mol. The maximum atomic E-state index is 14.0. The lowest BCUT2D eigenvalue weighted by molar-refractivity contribution is -0.182. The first kappa shape index (κ1) is 37.4. The Labute approximate surface area is 266 Å². The highest BCUT2D eigenvalue weighted by Gasteiger charge is 2.56. The first-order valence-corrected chi connectivity index (χ1v) is 15.9. The highest BCUT2D eigenvalue weighted by atomic mass is 16.6. The smallest absolute Gasteiger partial charge is 0.322 e. The third-order valence-corrected chi connectivity index (χ3v) is 8.14. The summed E-state index contributed by atoms with van der Waals surface area (Å²) in [5, 5.41) is 2.54. The Bertz CT molecular complexity index is 1240. The van der Waals surface area contributed by atoms with Crippen LogP contribution >= 0.6 is 0 Å². The summed E-state index contributed by atoms with van der Waals surface area (Å²) >= 11 is 0.